The predicted molar refractivity (Wildman–Crippen MR) is 121 cm³/mol. The third kappa shape index (κ3) is 2.97. The summed E-state index contributed by atoms with van der Waals surface area (Å²) < 4.78 is 10.8. The average molecular weight is 467 g/mol. The van der Waals surface area contributed by atoms with Gasteiger partial charge in [0, 0.05) is 29.3 Å². The van der Waals surface area contributed by atoms with Crippen molar-refractivity contribution in [2.45, 2.75) is 30.7 Å². The highest BCUT2D eigenvalue weighted by molar-refractivity contribution is 5.95. The SMILES string of the molecule is COc1c(C)c(N=NC(=O)c2ccccc2)c(O)c2c1N1C[C@H]3[C@H](N3C)[C@]1(O)[C@H]2COC(N)=O. The van der Waals surface area contributed by atoms with Gasteiger partial charge in [-0.1, -0.05) is 18.2 Å². The summed E-state index contributed by atoms with van der Waals surface area (Å²) in [5.41, 5.74) is 5.41. The maximum Gasteiger partial charge on any atom is 0.404 e. The quantitative estimate of drug-likeness (QED) is 0.446. The summed E-state index contributed by atoms with van der Waals surface area (Å²) in [5, 5.41) is 31.1. The summed E-state index contributed by atoms with van der Waals surface area (Å²) in [4.78, 5) is 27.7. The van der Waals surface area contributed by atoms with Crippen LogP contribution in [0.1, 0.15) is 27.4 Å². The van der Waals surface area contributed by atoms with E-state index in [1.165, 1.54) is 7.11 Å². The molecule has 0 aliphatic carbocycles. The van der Waals surface area contributed by atoms with Gasteiger partial charge >= 0.3 is 6.09 Å². The normalized spacial score (nSPS) is 28.4. The first-order valence-electron chi connectivity index (χ1n) is 10.8. The number of anilines is 1. The Balaban J connectivity index is 1.63. The number of benzene rings is 2. The second kappa shape index (κ2) is 7.67. The number of fused-ring (bicyclic) bond motifs is 5. The van der Waals surface area contributed by atoms with Crippen molar-refractivity contribution >= 4 is 23.4 Å². The van der Waals surface area contributed by atoms with Gasteiger partial charge in [0.05, 0.1) is 24.8 Å². The van der Waals surface area contributed by atoms with E-state index in [1.807, 2.05) is 11.9 Å². The highest BCUT2D eigenvalue weighted by Gasteiger charge is 2.73. The first kappa shape index (κ1) is 22.1. The number of ether oxygens (including phenoxy) is 2. The minimum Gasteiger partial charge on any atom is -0.505 e. The largest absolute Gasteiger partial charge is 0.505 e. The Labute approximate surface area is 195 Å². The summed E-state index contributed by atoms with van der Waals surface area (Å²) in [5.74, 6) is -1.28. The van der Waals surface area contributed by atoms with Gasteiger partial charge in [0.2, 0.25) is 0 Å². The van der Waals surface area contributed by atoms with Crippen molar-refractivity contribution in [1.29, 1.82) is 0 Å². The van der Waals surface area contributed by atoms with Gasteiger partial charge in [0.1, 0.15) is 23.8 Å². The molecule has 0 bridgehead atoms. The lowest BCUT2D eigenvalue weighted by atomic mass is 9.88. The first-order chi connectivity index (χ1) is 16.2. The number of hydrogen-bond acceptors (Lipinski definition) is 9. The van der Waals surface area contributed by atoms with E-state index in [1.54, 1.807) is 42.2 Å². The van der Waals surface area contributed by atoms with Gasteiger partial charge in [-0.05, 0) is 26.1 Å². The lowest BCUT2D eigenvalue weighted by molar-refractivity contribution is -0.00469. The number of piperazine rings is 1. The van der Waals surface area contributed by atoms with Gasteiger partial charge in [0.15, 0.2) is 5.72 Å². The second-order valence-electron chi connectivity index (χ2n) is 8.74. The van der Waals surface area contributed by atoms with Crippen LogP contribution < -0.4 is 15.4 Å². The summed E-state index contributed by atoms with van der Waals surface area (Å²) in [6.07, 6.45) is -0.991. The van der Waals surface area contributed by atoms with E-state index in [4.69, 9.17) is 15.2 Å². The molecule has 2 aromatic carbocycles. The molecule has 2 amide bonds. The third-order valence-electron chi connectivity index (χ3n) is 7.11. The van der Waals surface area contributed by atoms with Crippen LogP contribution in [-0.4, -0.2) is 72.2 Å². The molecule has 34 heavy (non-hydrogen) atoms. The Morgan fingerprint density at radius 1 is 1.29 bits per heavy atom. The van der Waals surface area contributed by atoms with E-state index >= 15 is 0 Å². The molecule has 178 valence electrons. The molecule has 11 nitrogen and oxygen atoms in total. The predicted octanol–water partition coefficient (Wildman–Crippen LogP) is 2.02. The number of hydrogen-bond donors (Lipinski definition) is 3. The Morgan fingerprint density at radius 3 is 2.65 bits per heavy atom. The number of carbonyl (C=O) groups excluding carboxylic acids is 2. The summed E-state index contributed by atoms with van der Waals surface area (Å²) >= 11 is 0. The van der Waals surface area contributed by atoms with E-state index in [9.17, 15) is 19.8 Å². The van der Waals surface area contributed by atoms with Crippen LogP contribution in [-0.2, 0) is 4.74 Å². The molecule has 5 atom stereocenters. The number of nitrogens with two attached hydrogens (primary N) is 1. The maximum absolute atomic E-state index is 12.5. The van der Waals surface area contributed by atoms with E-state index in [2.05, 4.69) is 10.2 Å². The number of aliphatic hydroxyl groups is 1. The average Bonchev–Trinajstić information content (AvgIpc) is 3.24. The zero-order valence-corrected chi connectivity index (χ0v) is 18.9. The Hall–Kier alpha value is -3.70. The maximum atomic E-state index is 12.5. The monoisotopic (exact) mass is 467 g/mol. The van der Waals surface area contributed by atoms with Crippen LogP contribution in [0.4, 0.5) is 16.2 Å². The number of phenolic OH excluding ortho intramolecular Hbond substituents is 1. The van der Waals surface area contributed by atoms with Crippen molar-refractivity contribution in [2.75, 3.05) is 32.2 Å². The number of carbonyl (C=O) groups is 2. The van der Waals surface area contributed by atoms with Crippen LogP contribution in [0.2, 0.25) is 0 Å². The topological polar surface area (TPSA) is 150 Å². The van der Waals surface area contributed by atoms with Crippen molar-refractivity contribution in [3.05, 3.63) is 47.0 Å². The zero-order chi connectivity index (χ0) is 24.4. The highest BCUT2D eigenvalue weighted by Crippen LogP contribution is 2.65. The minimum absolute atomic E-state index is 0.0365. The molecule has 2 aromatic rings. The molecule has 1 unspecified atom stereocenters. The van der Waals surface area contributed by atoms with Gasteiger partial charge < -0.3 is 30.3 Å². The van der Waals surface area contributed by atoms with Crippen LogP contribution in [0.3, 0.4) is 0 Å². The van der Waals surface area contributed by atoms with Crippen LogP contribution in [0.25, 0.3) is 0 Å². The number of azo groups is 1. The number of nitrogens with zero attached hydrogens (tertiary/aromatic N) is 4. The molecule has 0 radical (unpaired) electrons. The standard InChI is InChI=1S/C23H25N5O6/c1-11-16(25-26-21(30)12-7-5-4-6-8-12)18(29)15-13(10-34-22(24)31)23(32)20-14(27(20)2)9-28(23)17(15)19(11)33-3/h4-8,13-14,20,29,32H,9-10H2,1-3H3,(H2,24,31)/t13-,14-,20-,23+,27?/m0/s1. The lowest BCUT2D eigenvalue weighted by Gasteiger charge is -2.36. The number of primary amides is 1. The fourth-order valence-electron chi connectivity index (χ4n) is 5.48. The van der Waals surface area contributed by atoms with E-state index in [0.29, 0.717) is 34.7 Å². The first-order valence-corrected chi connectivity index (χ1v) is 10.8. The van der Waals surface area contributed by atoms with Gasteiger partial charge in [-0.2, -0.15) is 0 Å². The zero-order valence-electron chi connectivity index (χ0n) is 18.9. The number of amides is 2. The molecular weight excluding hydrogens is 442 g/mol. The molecule has 0 saturated carbocycles. The molecular formula is C23H25N5O6. The van der Waals surface area contributed by atoms with Crippen LogP contribution in [0.15, 0.2) is 40.6 Å². The molecule has 2 fully saturated rings. The van der Waals surface area contributed by atoms with Gasteiger partial charge in [-0.25, -0.2) is 4.79 Å². The molecule has 11 heteroatoms. The van der Waals surface area contributed by atoms with E-state index in [-0.39, 0.29) is 30.1 Å². The molecule has 3 heterocycles. The number of likely N-dealkylation sites (N-methyl/N-ethyl adjacent to an activating group) is 1. The third-order valence-corrected chi connectivity index (χ3v) is 7.11. The highest BCUT2D eigenvalue weighted by atomic mass is 16.5. The van der Waals surface area contributed by atoms with Crippen molar-refractivity contribution in [3.63, 3.8) is 0 Å². The van der Waals surface area contributed by atoms with Crippen LogP contribution >= 0.6 is 0 Å². The molecule has 2 saturated heterocycles. The number of phenols is 1. The fourth-order valence-corrected chi connectivity index (χ4v) is 5.48. The van der Waals surface area contributed by atoms with Crippen LogP contribution in [0, 0.1) is 6.92 Å². The number of aromatic hydroxyl groups is 1. The second-order valence-corrected chi connectivity index (χ2v) is 8.74. The number of methoxy groups -OCH3 is 1. The summed E-state index contributed by atoms with van der Waals surface area (Å²) in [6.45, 7) is 1.93. The number of rotatable bonds is 5. The van der Waals surface area contributed by atoms with E-state index < -0.39 is 23.6 Å². The summed E-state index contributed by atoms with van der Waals surface area (Å²) in [6, 6.07) is 8.32. The molecule has 4 N–H and O–H groups in total. The van der Waals surface area contributed by atoms with Crippen molar-refractivity contribution < 1.29 is 29.3 Å². The fraction of sp³-hybridized carbons (Fsp3) is 0.391. The Morgan fingerprint density at radius 2 is 2.00 bits per heavy atom. The van der Waals surface area contributed by atoms with Crippen LogP contribution in [0.5, 0.6) is 11.5 Å². The van der Waals surface area contributed by atoms with Crippen molar-refractivity contribution in [3.8, 4) is 11.5 Å². The Kier molecular flexibility index (Phi) is 4.99. The van der Waals surface area contributed by atoms with Gasteiger partial charge in [-0.15, -0.1) is 10.2 Å². The molecule has 0 spiro atoms. The lowest BCUT2D eigenvalue weighted by Crippen LogP contribution is -2.53. The minimum atomic E-state index is -1.45. The van der Waals surface area contributed by atoms with Crippen molar-refractivity contribution in [1.82, 2.24) is 4.90 Å². The molecule has 3 aliphatic rings. The van der Waals surface area contributed by atoms with Gasteiger partial charge in [0.25, 0.3) is 5.91 Å². The van der Waals surface area contributed by atoms with E-state index in [0.717, 1.165) is 0 Å². The van der Waals surface area contributed by atoms with Crippen molar-refractivity contribution in [2.24, 2.45) is 16.0 Å². The Bertz CT molecular complexity index is 1220. The molecule has 5 rings (SSSR count). The smallest absolute Gasteiger partial charge is 0.404 e. The summed E-state index contributed by atoms with van der Waals surface area (Å²) in [7, 11) is 3.38. The molecule has 0 aromatic heterocycles. The molecule has 3 aliphatic heterocycles. The van der Waals surface area contributed by atoms with Gasteiger partial charge in [-0.3, -0.25) is 9.69 Å².